The molecule has 1 saturated heterocycles. The molecule has 2 aliphatic rings. The fourth-order valence-electron chi connectivity index (χ4n) is 3.92. The zero-order valence-corrected chi connectivity index (χ0v) is 20.6. The van der Waals surface area contributed by atoms with Crippen LogP contribution in [0.1, 0.15) is 11.1 Å². The number of guanidine groups is 1. The van der Waals surface area contributed by atoms with Gasteiger partial charge in [0.25, 0.3) is 5.91 Å². The number of β-amino-alcohol motifs (C(OH)–C–C–N with tert-alkyl or cyclic N) is 1. The van der Waals surface area contributed by atoms with Crippen molar-refractivity contribution in [3.8, 4) is 11.5 Å². The van der Waals surface area contributed by atoms with Crippen LogP contribution in [0.5, 0.6) is 11.5 Å². The van der Waals surface area contributed by atoms with Crippen LogP contribution in [-0.2, 0) is 4.79 Å². The van der Waals surface area contributed by atoms with Crippen LogP contribution in [0.3, 0.4) is 0 Å². The Bertz CT molecular complexity index is 1240. The Kier molecular flexibility index (Phi) is 7.30. The molecule has 36 heavy (non-hydrogen) atoms. The van der Waals surface area contributed by atoms with E-state index in [9.17, 15) is 14.7 Å². The highest BCUT2D eigenvalue weighted by atomic mass is 16.5. The lowest BCUT2D eigenvalue weighted by Gasteiger charge is -2.32. The number of carbonyl (C=O) groups is 2. The number of aryl methyl sites for hydroxylation is 1. The zero-order valence-electron chi connectivity index (χ0n) is 20.6. The van der Waals surface area contributed by atoms with Crippen molar-refractivity contribution in [2.24, 2.45) is 10.1 Å². The molecule has 1 fully saturated rings. The summed E-state index contributed by atoms with van der Waals surface area (Å²) in [7, 11) is 4.56. The summed E-state index contributed by atoms with van der Waals surface area (Å²) in [6, 6.07) is 13.4. The Morgan fingerprint density at radius 3 is 2.58 bits per heavy atom. The summed E-state index contributed by atoms with van der Waals surface area (Å²) >= 11 is 0. The molecule has 0 aromatic heterocycles. The number of urea groups is 1. The standard InChI is InChI=1S/C25H28N6O5/c1-16-7-5-6-8-20(16)36-15-18(32)14-31-21-22(29(2)25(34)30(3)23(21)33)27-24(31)28-26-13-17-9-11-19(35-4)12-10-17/h5-13,18,21,32H,14-15H2,1-4H3/p+1/b26-13-. The number of amidine groups is 1. The molecule has 0 spiro atoms. The van der Waals surface area contributed by atoms with Crippen molar-refractivity contribution in [3.05, 3.63) is 59.7 Å². The molecular weight excluding hydrogens is 464 g/mol. The van der Waals surface area contributed by atoms with Gasteiger partial charge in [0, 0.05) is 14.1 Å². The van der Waals surface area contributed by atoms with Crippen molar-refractivity contribution in [2.45, 2.75) is 19.1 Å². The summed E-state index contributed by atoms with van der Waals surface area (Å²) in [6.45, 7) is 1.94. The van der Waals surface area contributed by atoms with E-state index in [-0.39, 0.29) is 24.9 Å². The number of carbonyl (C=O) groups excluding carboxylic acids is 2. The summed E-state index contributed by atoms with van der Waals surface area (Å²) in [5.74, 6) is 1.44. The lowest BCUT2D eigenvalue weighted by Crippen LogP contribution is -2.62. The summed E-state index contributed by atoms with van der Waals surface area (Å²) in [5.41, 5.74) is 4.62. The molecule has 188 valence electrons. The number of para-hydroxylation sites is 1. The predicted octanol–water partition coefficient (Wildman–Crippen LogP) is 1.04. The Balaban J connectivity index is 1.55. The smallest absolute Gasteiger partial charge is 0.414 e. The second kappa shape index (κ2) is 10.6. The maximum Gasteiger partial charge on any atom is 0.414 e. The predicted molar refractivity (Wildman–Crippen MR) is 134 cm³/mol. The van der Waals surface area contributed by atoms with Gasteiger partial charge in [-0.05, 0) is 48.4 Å². The average molecular weight is 494 g/mol. The molecule has 2 unspecified atom stereocenters. The molecule has 0 bridgehead atoms. The minimum Gasteiger partial charge on any atom is -0.497 e. The third kappa shape index (κ3) is 5.05. The van der Waals surface area contributed by atoms with E-state index in [1.54, 1.807) is 24.9 Å². The summed E-state index contributed by atoms with van der Waals surface area (Å²) in [4.78, 5) is 32.3. The molecule has 0 radical (unpaired) electrons. The quantitative estimate of drug-likeness (QED) is 0.322. The number of ether oxygens (including phenoxy) is 2. The van der Waals surface area contributed by atoms with Crippen molar-refractivity contribution < 1.29 is 28.7 Å². The number of aliphatic hydroxyl groups is 1. The number of amides is 3. The van der Waals surface area contributed by atoms with Gasteiger partial charge >= 0.3 is 12.0 Å². The Hall–Kier alpha value is -4.25. The first-order valence-electron chi connectivity index (χ1n) is 11.4. The number of hydrogen-bond donors (Lipinski definition) is 2. The van der Waals surface area contributed by atoms with Crippen LogP contribution in [0, 0.1) is 6.92 Å². The molecule has 11 heteroatoms. The van der Waals surface area contributed by atoms with Crippen molar-refractivity contribution in [3.63, 3.8) is 0 Å². The van der Waals surface area contributed by atoms with Gasteiger partial charge in [-0.3, -0.25) is 14.6 Å². The number of likely N-dealkylation sites (N-methyl/N-ethyl adjacent to an activating group) is 2. The fraction of sp³-hybridized carbons (Fsp3) is 0.320. The minimum atomic E-state index is -0.956. The Labute approximate surface area is 209 Å². The van der Waals surface area contributed by atoms with Crippen LogP contribution >= 0.6 is 0 Å². The second-order valence-corrected chi connectivity index (χ2v) is 8.46. The largest absolute Gasteiger partial charge is 0.497 e. The first-order valence-corrected chi connectivity index (χ1v) is 11.4. The monoisotopic (exact) mass is 493 g/mol. The van der Waals surface area contributed by atoms with E-state index in [4.69, 9.17) is 9.47 Å². The van der Waals surface area contributed by atoms with Crippen LogP contribution < -0.4 is 14.9 Å². The highest BCUT2D eigenvalue weighted by Gasteiger charge is 2.51. The van der Waals surface area contributed by atoms with E-state index < -0.39 is 24.1 Å². The number of hydrogen-bond acceptors (Lipinski definition) is 8. The highest BCUT2D eigenvalue weighted by Crippen LogP contribution is 2.20. The molecule has 2 aromatic rings. The fourth-order valence-corrected chi connectivity index (χ4v) is 3.92. The molecule has 2 heterocycles. The van der Waals surface area contributed by atoms with Crippen molar-refractivity contribution in [1.29, 1.82) is 0 Å². The van der Waals surface area contributed by atoms with Gasteiger partial charge in [0.05, 0.1) is 19.9 Å². The van der Waals surface area contributed by atoms with E-state index in [0.29, 0.717) is 5.75 Å². The number of hydrazone groups is 1. The molecule has 2 aliphatic heterocycles. The summed E-state index contributed by atoms with van der Waals surface area (Å²) < 4.78 is 12.5. The van der Waals surface area contributed by atoms with Crippen molar-refractivity contribution in [2.75, 3.05) is 34.4 Å². The molecule has 3 amide bonds. The van der Waals surface area contributed by atoms with Gasteiger partial charge in [0.1, 0.15) is 24.2 Å². The van der Waals surface area contributed by atoms with Crippen LogP contribution in [-0.4, -0.2) is 95.9 Å². The first kappa shape index (κ1) is 24.9. The summed E-state index contributed by atoms with van der Waals surface area (Å²) in [5, 5.41) is 15.0. The van der Waals surface area contributed by atoms with E-state index >= 15 is 0 Å². The molecule has 0 aliphatic carbocycles. The maximum absolute atomic E-state index is 13.0. The topological polar surface area (TPSA) is 119 Å². The molecular formula is C25H29N6O5+. The second-order valence-electron chi connectivity index (χ2n) is 8.46. The highest BCUT2D eigenvalue weighted by molar-refractivity contribution is 6.22. The van der Waals surface area contributed by atoms with Crippen molar-refractivity contribution in [1.82, 2.24) is 15.2 Å². The lowest BCUT2D eigenvalue weighted by atomic mass is 10.1. The number of nitrogens with one attached hydrogen (secondary N) is 1. The normalized spacial score (nSPS) is 18.5. The van der Waals surface area contributed by atoms with Gasteiger partial charge in [-0.15, -0.1) is 5.10 Å². The third-order valence-corrected chi connectivity index (χ3v) is 5.96. The number of rotatable bonds is 8. The number of methoxy groups -OCH3 is 1. The number of aliphatic hydroxyl groups excluding tert-OH is 1. The van der Waals surface area contributed by atoms with Gasteiger partial charge < -0.3 is 14.6 Å². The van der Waals surface area contributed by atoms with Crippen LogP contribution in [0.2, 0.25) is 0 Å². The molecule has 2 N–H and O–H groups in total. The maximum atomic E-state index is 13.0. The Morgan fingerprint density at radius 1 is 1.17 bits per heavy atom. The van der Waals surface area contributed by atoms with Gasteiger partial charge in [0.15, 0.2) is 0 Å². The van der Waals surface area contributed by atoms with Crippen LogP contribution in [0.15, 0.2) is 58.6 Å². The van der Waals surface area contributed by atoms with E-state index in [1.165, 1.54) is 11.9 Å². The zero-order chi connectivity index (χ0) is 25.8. The minimum absolute atomic E-state index is 0.00457. The number of imide groups is 1. The Morgan fingerprint density at radius 2 is 1.89 bits per heavy atom. The average Bonchev–Trinajstić information content (AvgIpc) is 3.24. The summed E-state index contributed by atoms with van der Waals surface area (Å²) in [6.07, 6.45) is 0.635. The SMILES string of the molecule is COc1ccc(/C=N\NC2=[N+](CC(O)COc3ccccc3C)C3C(=O)N(C)C(=O)N(C)C3=N2)cc1. The van der Waals surface area contributed by atoms with Crippen LogP contribution in [0.25, 0.3) is 0 Å². The number of benzene rings is 2. The van der Waals surface area contributed by atoms with E-state index in [0.717, 1.165) is 21.8 Å². The van der Waals surface area contributed by atoms with E-state index in [1.807, 2.05) is 55.5 Å². The first-order chi connectivity index (χ1) is 17.3. The van der Waals surface area contributed by atoms with Gasteiger partial charge in [-0.1, -0.05) is 23.2 Å². The molecule has 2 aromatic carbocycles. The number of nitrogens with zero attached hydrogens (tertiary/aromatic N) is 5. The lowest BCUT2D eigenvalue weighted by molar-refractivity contribution is -0.545. The van der Waals surface area contributed by atoms with Gasteiger partial charge in [-0.2, -0.15) is 5.43 Å². The van der Waals surface area contributed by atoms with Gasteiger partial charge in [0.2, 0.25) is 11.9 Å². The molecule has 4 rings (SSSR count). The van der Waals surface area contributed by atoms with Crippen LogP contribution in [0.4, 0.5) is 4.79 Å². The third-order valence-electron chi connectivity index (χ3n) is 5.96. The van der Waals surface area contributed by atoms with Gasteiger partial charge in [-0.25, -0.2) is 9.37 Å². The molecule has 2 atom stereocenters. The van der Waals surface area contributed by atoms with Crippen molar-refractivity contribution >= 4 is 29.9 Å². The molecule has 0 saturated carbocycles. The van der Waals surface area contributed by atoms with E-state index in [2.05, 4.69) is 15.5 Å². The number of fused-ring (bicyclic) bond motifs is 1. The number of aliphatic imine (C=N–C) groups is 1. The molecule has 11 nitrogen and oxygen atoms in total.